The maximum absolute atomic E-state index is 11.1. The molecular formula is C21H26BNO4. The summed E-state index contributed by atoms with van der Waals surface area (Å²) in [5, 5.41) is 0. The van der Waals surface area contributed by atoms with E-state index in [0.29, 0.717) is 11.3 Å². The van der Waals surface area contributed by atoms with Crippen molar-refractivity contribution in [1.82, 2.24) is 4.98 Å². The summed E-state index contributed by atoms with van der Waals surface area (Å²) < 4.78 is 17.9. The van der Waals surface area contributed by atoms with Gasteiger partial charge in [-0.2, -0.15) is 0 Å². The number of rotatable bonds is 5. The predicted molar refractivity (Wildman–Crippen MR) is 107 cm³/mol. The van der Waals surface area contributed by atoms with Crippen molar-refractivity contribution in [3.05, 3.63) is 41.6 Å². The molecule has 1 unspecified atom stereocenters. The molecule has 2 aromatic rings. The Morgan fingerprint density at radius 1 is 1.26 bits per heavy atom. The molecule has 6 heteroatoms. The minimum absolute atomic E-state index is 0.354. The topological polar surface area (TPSA) is 57.7 Å². The summed E-state index contributed by atoms with van der Waals surface area (Å²) in [4.78, 5) is 15.6. The van der Waals surface area contributed by atoms with Crippen LogP contribution in [0.15, 0.2) is 30.5 Å². The first-order valence-corrected chi connectivity index (χ1v) is 9.21. The number of hydrogen-bond acceptors (Lipinski definition) is 5. The maximum atomic E-state index is 11.1. The fraction of sp³-hybridized carbons (Fsp3) is 0.429. The predicted octanol–water partition coefficient (Wildman–Crippen LogP) is 3.57. The lowest BCUT2D eigenvalue weighted by molar-refractivity contribution is -0.0118. The van der Waals surface area contributed by atoms with E-state index in [1.165, 1.54) is 6.20 Å². The first-order chi connectivity index (χ1) is 12.8. The lowest BCUT2D eigenvalue weighted by atomic mass is 9.74. The number of ether oxygens (including phenoxy) is 1. The highest BCUT2D eigenvalue weighted by atomic mass is 16.7. The number of benzene rings is 1. The van der Waals surface area contributed by atoms with Crippen molar-refractivity contribution in [3.63, 3.8) is 0 Å². The van der Waals surface area contributed by atoms with Gasteiger partial charge in [0.2, 0.25) is 0 Å². The number of carbonyl (C=O) groups excluding carboxylic acids is 1. The van der Waals surface area contributed by atoms with Crippen molar-refractivity contribution in [2.45, 2.75) is 52.2 Å². The molecule has 0 bridgehead atoms. The third-order valence-corrected chi connectivity index (χ3v) is 5.86. The number of nitrogens with zero attached hydrogens (tertiary/aromatic N) is 1. The Kier molecular flexibility index (Phi) is 5.15. The van der Waals surface area contributed by atoms with Gasteiger partial charge in [0.1, 0.15) is 5.75 Å². The molecule has 0 spiro atoms. The first kappa shape index (κ1) is 19.6. The molecule has 5 nitrogen and oxygen atoms in total. The summed E-state index contributed by atoms with van der Waals surface area (Å²) in [6.45, 7) is 10.4. The lowest BCUT2D eigenvalue weighted by Crippen LogP contribution is -2.44. The van der Waals surface area contributed by atoms with Crippen LogP contribution in [0, 0.1) is 6.92 Å². The molecule has 1 fully saturated rings. The molecular weight excluding hydrogens is 341 g/mol. The number of hydrogen-bond donors (Lipinski definition) is 0. The monoisotopic (exact) mass is 367 g/mol. The highest BCUT2D eigenvalue weighted by Crippen LogP contribution is 2.40. The number of pyridine rings is 1. The van der Waals surface area contributed by atoms with Gasteiger partial charge in [-0.25, -0.2) is 0 Å². The molecule has 27 heavy (non-hydrogen) atoms. The third-order valence-electron chi connectivity index (χ3n) is 5.86. The minimum atomic E-state index is -0.430. The van der Waals surface area contributed by atoms with Gasteiger partial charge in [-0.15, -0.1) is 0 Å². The van der Waals surface area contributed by atoms with Gasteiger partial charge in [0.15, 0.2) is 6.29 Å². The van der Waals surface area contributed by atoms with Crippen LogP contribution in [0.5, 0.6) is 5.75 Å². The van der Waals surface area contributed by atoms with E-state index in [0.717, 1.165) is 35.0 Å². The third kappa shape index (κ3) is 3.28. The van der Waals surface area contributed by atoms with E-state index in [9.17, 15) is 4.79 Å². The van der Waals surface area contributed by atoms with Crippen LogP contribution < -0.4 is 10.2 Å². The summed E-state index contributed by atoms with van der Waals surface area (Å²) in [5.41, 5.74) is 3.41. The van der Waals surface area contributed by atoms with E-state index in [1.54, 1.807) is 13.2 Å². The standard InChI is InChI=1S/C21H26BNO4/c1-7-21(5)20(3,4)26-22(27-21)17-10-8-9-16(14(17)2)18-11-19(25-6)15(13-24)12-23-18/h8-13H,7H2,1-6H3. The molecule has 142 valence electrons. The fourth-order valence-corrected chi connectivity index (χ4v) is 3.48. The second kappa shape index (κ2) is 7.10. The molecule has 0 N–H and O–H groups in total. The van der Waals surface area contributed by atoms with Gasteiger partial charge < -0.3 is 14.0 Å². The Morgan fingerprint density at radius 3 is 2.59 bits per heavy atom. The molecule has 0 radical (unpaired) electrons. The SMILES string of the molecule is CCC1(C)OB(c2cccc(-c3cc(OC)c(C=O)cn3)c2C)OC1(C)C. The summed E-state index contributed by atoms with van der Waals surface area (Å²) in [6.07, 6.45) is 3.14. The van der Waals surface area contributed by atoms with E-state index in [4.69, 9.17) is 14.0 Å². The zero-order valence-corrected chi connectivity index (χ0v) is 16.8. The van der Waals surface area contributed by atoms with E-state index in [2.05, 4.69) is 32.7 Å². The molecule has 1 saturated heterocycles. The highest BCUT2D eigenvalue weighted by molar-refractivity contribution is 6.62. The van der Waals surface area contributed by atoms with Crippen LogP contribution in [0.3, 0.4) is 0 Å². The molecule has 1 aromatic heterocycles. The molecule has 1 aromatic carbocycles. The van der Waals surface area contributed by atoms with Crippen LogP contribution in [-0.4, -0.2) is 36.7 Å². The van der Waals surface area contributed by atoms with Gasteiger partial charge in [0.25, 0.3) is 0 Å². The summed E-state index contributed by atoms with van der Waals surface area (Å²) in [7, 11) is 1.12. The number of aldehydes is 1. The molecule has 0 amide bonds. The van der Waals surface area contributed by atoms with Gasteiger partial charge in [0.05, 0.1) is 29.6 Å². The normalized spacial score (nSPS) is 21.3. The summed E-state index contributed by atoms with van der Waals surface area (Å²) in [6, 6.07) is 7.78. The van der Waals surface area contributed by atoms with Gasteiger partial charge in [-0.1, -0.05) is 25.1 Å². The van der Waals surface area contributed by atoms with E-state index >= 15 is 0 Å². The van der Waals surface area contributed by atoms with Gasteiger partial charge >= 0.3 is 7.12 Å². The molecule has 0 saturated carbocycles. The average Bonchev–Trinajstić information content (AvgIpc) is 2.90. The van der Waals surface area contributed by atoms with Crippen LogP contribution in [0.1, 0.15) is 50.0 Å². The minimum Gasteiger partial charge on any atom is -0.496 e. The molecule has 1 aliphatic heterocycles. The van der Waals surface area contributed by atoms with Gasteiger partial charge in [-0.05, 0) is 45.1 Å². The number of methoxy groups -OCH3 is 1. The van der Waals surface area contributed by atoms with Crippen molar-refractivity contribution in [2.24, 2.45) is 0 Å². The van der Waals surface area contributed by atoms with Crippen molar-refractivity contribution in [2.75, 3.05) is 7.11 Å². The number of carbonyl (C=O) groups is 1. The molecule has 1 aliphatic rings. The smallest absolute Gasteiger partial charge is 0.495 e. The lowest BCUT2D eigenvalue weighted by Gasteiger charge is -2.35. The van der Waals surface area contributed by atoms with Gasteiger partial charge in [0, 0.05) is 17.8 Å². The largest absolute Gasteiger partial charge is 0.496 e. The Morgan fingerprint density at radius 2 is 2.00 bits per heavy atom. The van der Waals surface area contributed by atoms with Crippen LogP contribution in [-0.2, 0) is 9.31 Å². The van der Waals surface area contributed by atoms with E-state index in [1.807, 2.05) is 25.1 Å². The van der Waals surface area contributed by atoms with Crippen molar-refractivity contribution < 1.29 is 18.8 Å². The zero-order valence-electron chi connectivity index (χ0n) is 16.8. The van der Waals surface area contributed by atoms with Crippen LogP contribution in [0.2, 0.25) is 0 Å². The summed E-state index contributed by atoms with van der Waals surface area (Å²) >= 11 is 0. The highest BCUT2D eigenvalue weighted by Gasteiger charge is 2.53. The molecule has 2 heterocycles. The van der Waals surface area contributed by atoms with Crippen molar-refractivity contribution in [3.8, 4) is 17.0 Å². The Balaban J connectivity index is 2.02. The van der Waals surface area contributed by atoms with Gasteiger partial charge in [-0.3, -0.25) is 9.78 Å². The first-order valence-electron chi connectivity index (χ1n) is 9.21. The quantitative estimate of drug-likeness (QED) is 0.597. The molecule has 1 atom stereocenters. The van der Waals surface area contributed by atoms with Crippen molar-refractivity contribution >= 4 is 18.9 Å². The second-order valence-corrected chi connectivity index (χ2v) is 7.61. The van der Waals surface area contributed by atoms with Crippen LogP contribution in [0.25, 0.3) is 11.3 Å². The molecule has 3 rings (SSSR count). The van der Waals surface area contributed by atoms with Crippen LogP contribution >= 0.6 is 0 Å². The summed E-state index contributed by atoms with van der Waals surface area (Å²) in [5.74, 6) is 0.507. The average molecular weight is 367 g/mol. The molecule has 0 aliphatic carbocycles. The number of aromatic nitrogens is 1. The van der Waals surface area contributed by atoms with Crippen LogP contribution in [0.4, 0.5) is 0 Å². The fourth-order valence-electron chi connectivity index (χ4n) is 3.48. The van der Waals surface area contributed by atoms with E-state index in [-0.39, 0.29) is 11.2 Å². The van der Waals surface area contributed by atoms with E-state index < -0.39 is 7.12 Å². The maximum Gasteiger partial charge on any atom is 0.495 e. The van der Waals surface area contributed by atoms with Crippen molar-refractivity contribution in [1.29, 1.82) is 0 Å². The second-order valence-electron chi connectivity index (χ2n) is 7.61. The Labute approximate surface area is 161 Å². The Bertz CT molecular complexity index is 867. The zero-order chi connectivity index (χ0) is 19.8. The Hall–Kier alpha value is -2.18.